The van der Waals surface area contributed by atoms with E-state index >= 15 is 0 Å². The van der Waals surface area contributed by atoms with Gasteiger partial charge in [0, 0.05) is 6.04 Å². The minimum absolute atomic E-state index is 0.359. The topological polar surface area (TPSA) is 38.0 Å². The highest BCUT2D eigenvalue weighted by atomic mass is 32.1. The first kappa shape index (κ1) is 11.5. The highest BCUT2D eigenvalue weighted by Gasteiger charge is 1.88. The van der Waals surface area contributed by atoms with Crippen LogP contribution in [0.25, 0.3) is 0 Å². The van der Waals surface area contributed by atoms with Crippen LogP contribution in [-0.4, -0.2) is 11.2 Å². The number of nitrogens with one attached hydrogen (secondary N) is 1. The van der Waals surface area contributed by atoms with Gasteiger partial charge in [-0.05, 0) is 26.1 Å². The molecule has 0 radical (unpaired) electrons. The van der Waals surface area contributed by atoms with Gasteiger partial charge < -0.3 is 11.1 Å². The van der Waals surface area contributed by atoms with Crippen LogP contribution in [0.1, 0.15) is 27.7 Å². The molecule has 0 fully saturated rings. The molecule has 0 aromatic carbocycles. The summed E-state index contributed by atoms with van der Waals surface area (Å²) in [5.74, 6) is 0. The molecular formula is C6H16N2S. The third-order valence-electron chi connectivity index (χ3n) is 0.431. The number of nitrogens with two attached hydrogens (primary N) is 1. The lowest BCUT2D eigenvalue weighted by atomic mass is 10.4. The Morgan fingerprint density at radius 1 is 1.44 bits per heavy atom. The van der Waals surface area contributed by atoms with Crippen LogP contribution in [0.2, 0.25) is 0 Å². The molecule has 9 heavy (non-hydrogen) atoms. The molecule has 3 heteroatoms. The Morgan fingerprint density at radius 2 is 1.78 bits per heavy atom. The van der Waals surface area contributed by atoms with Gasteiger partial charge in [0.05, 0.1) is 0 Å². The Hall–Kier alpha value is -0.310. The fourth-order valence-electron chi connectivity index (χ4n) is 0.285. The van der Waals surface area contributed by atoms with Crippen molar-refractivity contribution in [3.63, 3.8) is 0 Å². The monoisotopic (exact) mass is 148 g/mol. The van der Waals surface area contributed by atoms with Gasteiger partial charge in [0.1, 0.15) is 0 Å². The highest BCUT2D eigenvalue weighted by Crippen LogP contribution is 1.72. The summed E-state index contributed by atoms with van der Waals surface area (Å²) in [5, 5.41) is 3.19. The molecule has 0 bridgehead atoms. The zero-order valence-electron chi connectivity index (χ0n) is 6.56. The summed E-state index contributed by atoms with van der Waals surface area (Å²) >= 11 is 4.54. The molecule has 0 aliphatic rings. The van der Waals surface area contributed by atoms with Crippen LogP contribution in [0.5, 0.6) is 0 Å². The molecule has 0 spiro atoms. The van der Waals surface area contributed by atoms with E-state index < -0.39 is 0 Å². The molecule has 0 aromatic heterocycles. The maximum Gasteiger partial charge on any atom is 0.163 e. The standard InChI is InChI=1S/C4H10N2S.C2H6/c1-3(2)6-4(5)7;1-2/h3H,1-2H3,(H3,5,6,7);1-2H3. The van der Waals surface area contributed by atoms with Crippen molar-refractivity contribution in [2.45, 2.75) is 33.7 Å². The molecular weight excluding hydrogens is 132 g/mol. The SMILES string of the molecule is CC.CC(C)NC(N)=S. The molecule has 0 heterocycles. The number of hydrogen-bond donors (Lipinski definition) is 2. The molecule has 0 aromatic rings. The zero-order chi connectivity index (χ0) is 7.86. The van der Waals surface area contributed by atoms with Gasteiger partial charge in [-0.1, -0.05) is 13.8 Å². The maximum absolute atomic E-state index is 5.11. The Morgan fingerprint density at radius 3 is 1.78 bits per heavy atom. The molecule has 0 saturated carbocycles. The van der Waals surface area contributed by atoms with Gasteiger partial charge in [-0.2, -0.15) is 0 Å². The summed E-state index contributed by atoms with van der Waals surface area (Å²) < 4.78 is 0. The van der Waals surface area contributed by atoms with Gasteiger partial charge in [0.2, 0.25) is 0 Å². The van der Waals surface area contributed by atoms with Crippen molar-refractivity contribution in [1.82, 2.24) is 5.32 Å². The molecule has 0 aliphatic carbocycles. The van der Waals surface area contributed by atoms with Crippen LogP contribution in [0.4, 0.5) is 0 Å². The van der Waals surface area contributed by atoms with Gasteiger partial charge in [0.25, 0.3) is 0 Å². The van der Waals surface area contributed by atoms with Crippen molar-refractivity contribution in [3.05, 3.63) is 0 Å². The van der Waals surface area contributed by atoms with E-state index in [4.69, 9.17) is 5.73 Å². The molecule has 0 saturated heterocycles. The average molecular weight is 148 g/mol. The Labute approximate surface area is 62.8 Å². The summed E-state index contributed by atoms with van der Waals surface area (Å²) in [6, 6.07) is 0.359. The molecule has 0 atom stereocenters. The normalized spacial score (nSPS) is 7.67. The molecule has 0 amide bonds. The smallest absolute Gasteiger partial charge is 0.163 e. The van der Waals surface area contributed by atoms with Crippen LogP contribution in [0, 0.1) is 0 Å². The second kappa shape index (κ2) is 7.69. The van der Waals surface area contributed by atoms with E-state index in [0.717, 1.165) is 0 Å². The first-order valence-electron chi connectivity index (χ1n) is 3.19. The van der Waals surface area contributed by atoms with Gasteiger partial charge >= 0.3 is 0 Å². The molecule has 2 nitrogen and oxygen atoms in total. The van der Waals surface area contributed by atoms with Gasteiger partial charge in [0.15, 0.2) is 5.11 Å². The van der Waals surface area contributed by atoms with Crippen LogP contribution in [-0.2, 0) is 0 Å². The van der Waals surface area contributed by atoms with E-state index in [2.05, 4.69) is 17.5 Å². The molecule has 0 rings (SSSR count). The van der Waals surface area contributed by atoms with E-state index in [1.165, 1.54) is 0 Å². The zero-order valence-corrected chi connectivity index (χ0v) is 7.38. The van der Waals surface area contributed by atoms with E-state index in [9.17, 15) is 0 Å². The van der Waals surface area contributed by atoms with Crippen LogP contribution in [0.3, 0.4) is 0 Å². The highest BCUT2D eigenvalue weighted by molar-refractivity contribution is 7.80. The number of hydrogen-bond acceptors (Lipinski definition) is 1. The van der Waals surface area contributed by atoms with Crippen LogP contribution in [0.15, 0.2) is 0 Å². The van der Waals surface area contributed by atoms with Crippen molar-refractivity contribution in [1.29, 1.82) is 0 Å². The van der Waals surface area contributed by atoms with Crippen molar-refractivity contribution in [3.8, 4) is 0 Å². The van der Waals surface area contributed by atoms with Crippen LogP contribution < -0.4 is 11.1 Å². The summed E-state index contributed by atoms with van der Waals surface area (Å²) in [7, 11) is 0. The summed E-state index contributed by atoms with van der Waals surface area (Å²) in [5.41, 5.74) is 5.11. The first-order valence-corrected chi connectivity index (χ1v) is 3.59. The lowest BCUT2D eigenvalue weighted by molar-refractivity contribution is 0.736. The van der Waals surface area contributed by atoms with Crippen molar-refractivity contribution in [2.24, 2.45) is 5.73 Å². The summed E-state index contributed by atoms with van der Waals surface area (Å²) in [4.78, 5) is 0. The van der Waals surface area contributed by atoms with Gasteiger partial charge in [-0.3, -0.25) is 0 Å². The maximum atomic E-state index is 5.11. The molecule has 56 valence electrons. The second-order valence-corrected chi connectivity index (χ2v) is 2.10. The molecule has 0 aliphatic heterocycles. The van der Waals surface area contributed by atoms with E-state index in [0.29, 0.717) is 11.2 Å². The predicted octanol–water partition coefficient (Wildman–Crippen LogP) is 1.25. The predicted molar refractivity (Wildman–Crippen MR) is 46.4 cm³/mol. The Balaban J connectivity index is 0. The van der Waals surface area contributed by atoms with Crippen LogP contribution >= 0.6 is 12.2 Å². The van der Waals surface area contributed by atoms with E-state index in [-0.39, 0.29) is 0 Å². The van der Waals surface area contributed by atoms with E-state index in [1.807, 2.05) is 27.7 Å². The largest absolute Gasteiger partial charge is 0.376 e. The van der Waals surface area contributed by atoms with Crippen molar-refractivity contribution < 1.29 is 0 Å². The quantitative estimate of drug-likeness (QED) is 0.550. The van der Waals surface area contributed by atoms with Gasteiger partial charge in [-0.15, -0.1) is 0 Å². The number of thiocarbonyl (C=S) groups is 1. The number of rotatable bonds is 1. The lowest BCUT2D eigenvalue weighted by Gasteiger charge is -2.04. The summed E-state index contributed by atoms with van der Waals surface area (Å²) in [6.45, 7) is 7.97. The van der Waals surface area contributed by atoms with Crippen molar-refractivity contribution in [2.75, 3.05) is 0 Å². The Bertz CT molecular complexity index is 71.5. The van der Waals surface area contributed by atoms with E-state index in [1.54, 1.807) is 0 Å². The fourth-order valence-corrected chi connectivity index (χ4v) is 0.520. The Kier molecular flexibility index (Phi) is 9.81. The third-order valence-corrected chi connectivity index (χ3v) is 0.549. The molecule has 0 unspecified atom stereocenters. The first-order chi connectivity index (χ1) is 4.13. The molecule has 3 N–H and O–H groups in total. The van der Waals surface area contributed by atoms with Crippen molar-refractivity contribution >= 4 is 17.3 Å². The minimum Gasteiger partial charge on any atom is -0.376 e. The van der Waals surface area contributed by atoms with Gasteiger partial charge in [-0.25, -0.2) is 0 Å². The summed E-state index contributed by atoms with van der Waals surface area (Å²) in [6.07, 6.45) is 0. The third kappa shape index (κ3) is 18.3. The fraction of sp³-hybridized carbons (Fsp3) is 0.833. The minimum atomic E-state index is 0.359. The average Bonchev–Trinajstić information content (AvgIpc) is 1.68. The lowest BCUT2D eigenvalue weighted by Crippen LogP contribution is -2.34. The second-order valence-electron chi connectivity index (χ2n) is 1.66.